The highest BCUT2D eigenvalue weighted by atomic mass is 35.5. The van der Waals surface area contributed by atoms with Gasteiger partial charge in [0.25, 0.3) is 0 Å². The number of rotatable bonds is 1. The monoisotopic (exact) mass is 258 g/mol. The van der Waals surface area contributed by atoms with Gasteiger partial charge in [0.15, 0.2) is 27.3 Å². The molecule has 7 heteroatoms. The van der Waals surface area contributed by atoms with Crippen LogP contribution < -0.4 is 0 Å². The lowest BCUT2D eigenvalue weighted by Crippen LogP contribution is -2.07. The van der Waals surface area contributed by atoms with Crippen LogP contribution in [0.15, 0.2) is 4.90 Å². The van der Waals surface area contributed by atoms with Crippen LogP contribution in [0.2, 0.25) is 5.02 Å². The minimum atomic E-state index is -3.90. The predicted octanol–water partition coefficient (Wildman–Crippen LogP) is 2.47. The zero-order chi connectivity index (χ0) is 12.0. The van der Waals surface area contributed by atoms with E-state index in [1.807, 2.05) is 0 Å². The van der Waals surface area contributed by atoms with Crippen molar-refractivity contribution >= 4 is 21.4 Å². The normalized spacial score (nSPS) is 11.9. The van der Waals surface area contributed by atoms with Crippen LogP contribution in [-0.2, 0) is 9.84 Å². The first kappa shape index (κ1) is 12.3. The van der Waals surface area contributed by atoms with E-state index in [2.05, 4.69) is 0 Å². The van der Waals surface area contributed by atoms with Gasteiger partial charge in [0.1, 0.15) is 0 Å². The highest BCUT2D eigenvalue weighted by molar-refractivity contribution is 7.90. The van der Waals surface area contributed by atoms with Crippen molar-refractivity contribution in [1.29, 1.82) is 0 Å². The fraction of sp³-hybridized carbons (Fsp3) is 0.250. The van der Waals surface area contributed by atoms with Crippen molar-refractivity contribution in [1.82, 2.24) is 0 Å². The fourth-order valence-electron chi connectivity index (χ4n) is 1.16. The third-order valence-electron chi connectivity index (χ3n) is 1.82. The minimum absolute atomic E-state index is 0.526. The van der Waals surface area contributed by atoms with Gasteiger partial charge in [0.2, 0.25) is 0 Å². The average Bonchev–Trinajstić information content (AvgIpc) is 2.09. The molecule has 84 valence electrons. The Bertz CT molecular complexity index is 496. The smallest absolute Gasteiger partial charge is 0.196 e. The Hall–Kier alpha value is -0.750. The summed E-state index contributed by atoms with van der Waals surface area (Å²) in [6, 6.07) is 0. The third-order valence-corrected chi connectivity index (χ3v) is 3.54. The van der Waals surface area contributed by atoms with Crippen LogP contribution in [0.1, 0.15) is 5.56 Å². The van der Waals surface area contributed by atoms with Crippen molar-refractivity contribution < 1.29 is 21.6 Å². The third kappa shape index (κ3) is 1.96. The Labute approximate surface area is 89.6 Å². The van der Waals surface area contributed by atoms with E-state index in [9.17, 15) is 21.6 Å². The molecule has 0 aliphatic heterocycles. The highest BCUT2D eigenvalue weighted by Gasteiger charge is 2.26. The quantitative estimate of drug-likeness (QED) is 0.441. The van der Waals surface area contributed by atoms with Gasteiger partial charge in [-0.15, -0.1) is 0 Å². The summed E-state index contributed by atoms with van der Waals surface area (Å²) >= 11 is 5.30. The molecule has 0 saturated carbocycles. The Balaban J connectivity index is 3.84. The lowest BCUT2D eigenvalue weighted by molar-refractivity contribution is 0.438. The molecule has 15 heavy (non-hydrogen) atoms. The largest absolute Gasteiger partial charge is 0.224 e. The molecule has 0 radical (unpaired) electrons. The van der Waals surface area contributed by atoms with Gasteiger partial charge in [-0.3, -0.25) is 0 Å². The van der Waals surface area contributed by atoms with Crippen LogP contribution in [0.4, 0.5) is 13.2 Å². The maximum absolute atomic E-state index is 13.0. The predicted molar refractivity (Wildman–Crippen MR) is 49.2 cm³/mol. The first-order chi connectivity index (χ1) is 6.68. The Kier molecular flexibility index (Phi) is 3.02. The summed E-state index contributed by atoms with van der Waals surface area (Å²) in [5.41, 5.74) is -0.526. The molecule has 0 heterocycles. The first-order valence-electron chi connectivity index (χ1n) is 3.70. The van der Waals surface area contributed by atoms with Crippen LogP contribution in [0, 0.1) is 24.4 Å². The van der Waals surface area contributed by atoms with Crippen LogP contribution in [0.3, 0.4) is 0 Å². The van der Waals surface area contributed by atoms with E-state index in [1.165, 1.54) is 0 Å². The van der Waals surface area contributed by atoms with Crippen molar-refractivity contribution in [3.63, 3.8) is 0 Å². The van der Waals surface area contributed by atoms with Crippen molar-refractivity contribution in [2.45, 2.75) is 11.8 Å². The highest BCUT2D eigenvalue weighted by Crippen LogP contribution is 2.31. The van der Waals surface area contributed by atoms with Gasteiger partial charge in [-0.25, -0.2) is 21.6 Å². The molecular formula is C8H6ClF3O2S. The molecule has 1 rings (SSSR count). The lowest BCUT2D eigenvalue weighted by Gasteiger charge is -2.09. The second-order valence-electron chi connectivity index (χ2n) is 2.98. The number of hydrogen-bond acceptors (Lipinski definition) is 2. The van der Waals surface area contributed by atoms with Gasteiger partial charge in [0, 0.05) is 11.8 Å². The first-order valence-corrected chi connectivity index (χ1v) is 5.97. The van der Waals surface area contributed by atoms with E-state index >= 15 is 0 Å². The number of benzene rings is 1. The maximum atomic E-state index is 13.0. The summed E-state index contributed by atoms with van der Waals surface area (Å²) in [4.78, 5) is -0.722. The summed E-state index contributed by atoms with van der Waals surface area (Å²) < 4.78 is 61.1. The molecule has 1 aromatic carbocycles. The molecule has 0 atom stereocenters. The molecule has 0 amide bonds. The van der Waals surface area contributed by atoms with Crippen LogP contribution in [-0.4, -0.2) is 14.7 Å². The summed E-state index contributed by atoms with van der Waals surface area (Å²) in [5, 5.41) is -0.922. The van der Waals surface area contributed by atoms with Gasteiger partial charge >= 0.3 is 0 Å². The zero-order valence-electron chi connectivity index (χ0n) is 7.74. The van der Waals surface area contributed by atoms with Crippen LogP contribution >= 0.6 is 11.6 Å². The molecule has 0 spiro atoms. The second kappa shape index (κ2) is 3.68. The molecule has 2 nitrogen and oxygen atoms in total. The van der Waals surface area contributed by atoms with Gasteiger partial charge < -0.3 is 0 Å². The summed E-state index contributed by atoms with van der Waals surface area (Å²) in [6.07, 6.45) is 0.734. The van der Waals surface area contributed by atoms with E-state index in [0.717, 1.165) is 13.2 Å². The number of hydrogen-bond donors (Lipinski definition) is 0. The summed E-state index contributed by atoms with van der Waals surface area (Å²) in [6.45, 7) is 1.01. The second-order valence-corrected chi connectivity index (χ2v) is 5.31. The van der Waals surface area contributed by atoms with Crippen molar-refractivity contribution in [3.05, 3.63) is 28.0 Å². The molecule has 0 aliphatic rings. The minimum Gasteiger partial charge on any atom is -0.224 e. The lowest BCUT2D eigenvalue weighted by atomic mass is 10.2. The van der Waals surface area contributed by atoms with Crippen molar-refractivity contribution in [3.8, 4) is 0 Å². The van der Waals surface area contributed by atoms with Gasteiger partial charge in [0.05, 0.1) is 9.92 Å². The molecule has 1 aromatic rings. The molecule has 0 aromatic heterocycles. The molecule has 0 unspecified atom stereocenters. The van der Waals surface area contributed by atoms with E-state index in [4.69, 9.17) is 11.6 Å². The van der Waals surface area contributed by atoms with E-state index in [0.29, 0.717) is 0 Å². The summed E-state index contributed by atoms with van der Waals surface area (Å²) in [5.74, 6) is -5.01. The topological polar surface area (TPSA) is 34.1 Å². The van der Waals surface area contributed by atoms with E-state index in [-0.39, 0.29) is 0 Å². The Morgan fingerprint density at radius 2 is 1.53 bits per heavy atom. The van der Waals surface area contributed by atoms with Crippen molar-refractivity contribution in [2.75, 3.05) is 6.26 Å². The summed E-state index contributed by atoms with van der Waals surface area (Å²) in [7, 11) is -3.90. The van der Waals surface area contributed by atoms with E-state index < -0.39 is 42.8 Å². The SMILES string of the molecule is Cc1c(F)c(F)c(F)c(Cl)c1S(C)(=O)=O. The zero-order valence-corrected chi connectivity index (χ0v) is 9.31. The Morgan fingerprint density at radius 3 is 1.93 bits per heavy atom. The molecule has 0 bridgehead atoms. The molecule has 0 aliphatic carbocycles. The fourth-order valence-corrected chi connectivity index (χ4v) is 2.87. The van der Waals surface area contributed by atoms with Gasteiger partial charge in [-0.2, -0.15) is 0 Å². The average molecular weight is 259 g/mol. The molecule has 0 fully saturated rings. The Morgan fingerprint density at radius 1 is 1.07 bits per heavy atom. The molecular weight excluding hydrogens is 253 g/mol. The number of halogens is 4. The van der Waals surface area contributed by atoms with Crippen LogP contribution in [0.5, 0.6) is 0 Å². The number of sulfone groups is 1. The maximum Gasteiger partial charge on any atom is 0.196 e. The van der Waals surface area contributed by atoms with Gasteiger partial charge in [-0.1, -0.05) is 11.6 Å². The van der Waals surface area contributed by atoms with E-state index in [1.54, 1.807) is 0 Å². The molecule has 0 N–H and O–H groups in total. The van der Waals surface area contributed by atoms with Crippen molar-refractivity contribution in [2.24, 2.45) is 0 Å². The van der Waals surface area contributed by atoms with Gasteiger partial charge in [-0.05, 0) is 6.92 Å². The van der Waals surface area contributed by atoms with Crippen LogP contribution in [0.25, 0.3) is 0 Å². The molecule has 0 saturated heterocycles. The standard InChI is InChI=1S/C8H6ClF3O2S/c1-3-5(10)7(12)6(11)4(9)8(3)15(2,13)14/h1-2H3.